The predicted octanol–water partition coefficient (Wildman–Crippen LogP) is 4.43. The van der Waals surface area contributed by atoms with Crippen LogP contribution in [0.3, 0.4) is 0 Å². The van der Waals surface area contributed by atoms with Crippen molar-refractivity contribution in [1.29, 1.82) is 0 Å². The molecule has 1 saturated heterocycles. The van der Waals surface area contributed by atoms with Crippen molar-refractivity contribution in [2.75, 3.05) is 13.1 Å². The van der Waals surface area contributed by atoms with Gasteiger partial charge in [-0.3, -0.25) is 4.79 Å². The van der Waals surface area contributed by atoms with E-state index in [2.05, 4.69) is 15.2 Å². The van der Waals surface area contributed by atoms with E-state index in [-0.39, 0.29) is 11.8 Å². The molecular formula is C19H16N4O2S2. The average molecular weight is 396 g/mol. The topological polar surface area (TPSA) is 72.1 Å². The number of hydrogen-bond donors (Lipinski definition) is 0. The molecule has 0 bridgehead atoms. The molecule has 0 spiro atoms. The summed E-state index contributed by atoms with van der Waals surface area (Å²) in [6, 6.07) is 9.63. The van der Waals surface area contributed by atoms with Crippen LogP contribution in [0.15, 0.2) is 45.6 Å². The van der Waals surface area contributed by atoms with E-state index in [9.17, 15) is 4.79 Å². The molecule has 8 heteroatoms. The number of nitrogens with zero attached hydrogens (tertiary/aromatic N) is 4. The second-order valence-electron chi connectivity index (χ2n) is 6.55. The minimum Gasteiger partial charge on any atom is -0.420 e. The molecule has 27 heavy (non-hydrogen) atoms. The van der Waals surface area contributed by atoms with Crippen LogP contribution in [0, 0.1) is 0 Å². The molecule has 1 aliphatic rings. The fourth-order valence-corrected chi connectivity index (χ4v) is 4.79. The molecular weight excluding hydrogens is 380 g/mol. The van der Waals surface area contributed by atoms with Crippen LogP contribution in [0.1, 0.15) is 35.0 Å². The molecule has 5 rings (SSSR count). The van der Waals surface area contributed by atoms with Crippen molar-refractivity contribution in [2.45, 2.75) is 18.8 Å². The molecule has 3 aromatic heterocycles. The highest BCUT2D eigenvalue weighted by molar-refractivity contribution is 7.16. The largest absolute Gasteiger partial charge is 0.420 e. The number of carbonyl (C=O) groups is 1. The minimum absolute atomic E-state index is 0.0491. The first-order valence-electron chi connectivity index (χ1n) is 8.78. The van der Waals surface area contributed by atoms with E-state index in [1.807, 2.05) is 40.6 Å². The Bertz CT molecular complexity index is 1090. The zero-order valence-corrected chi connectivity index (χ0v) is 16.0. The molecule has 1 unspecified atom stereocenters. The standard InChI is InChI=1S/C19H16N4O2S2/c24-19(12-5-6-14-16(9-12)27-11-20-14)23-7-1-3-13(10-23)17-21-22-18(25-17)15-4-2-8-26-15/h2,4-6,8-9,11,13H,1,3,7,10H2. The van der Waals surface area contributed by atoms with Crippen LogP contribution in [-0.4, -0.2) is 39.1 Å². The van der Waals surface area contributed by atoms with Crippen molar-refractivity contribution in [3.63, 3.8) is 0 Å². The third kappa shape index (κ3) is 3.15. The number of aromatic nitrogens is 3. The lowest BCUT2D eigenvalue weighted by atomic mass is 9.97. The molecule has 1 fully saturated rings. The predicted molar refractivity (Wildman–Crippen MR) is 105 cm³/mol. The van der Waals surface area contributed by atoms with Gasteiger partial charge in [0.25, 0.3) is 11.8 Å². The van der Waals surface area contributed by atoms with Gasteiger partial charge in [0.05, 0.1) is 26.5 Å². The maximum absolute atomic E-state index is 13.0. The number of amides is 1. The fourth-order valence-electron chi connectivity index (χ4n) is 3.43. The summed E-state index contributed by atoms with van der Waals surface area (Å²) >= 11 is 3.13. The highest BCUT2D eigenvalue weighted by Gasteiger charge is 2.29. The normalized spacial score (nSPS) is 17.5. The molecule has 6 nitrogen and oxygen atoms in total. The van der Waals surface area contributed by atoms with Crippen molar-refractivity contribution in [2.24, 2.45) is 0 Å². The van der Waals surface area contributed by atoms with Gasteiger partial charge < -0.3 is 9.32 Å². The van der Waals surface area contributed by atoms with Crippen LogP contribution in [0.4, 0.5) is 0 Å². The Morgan fingerprint density at radius 1 is 1.22 bits per heavy atom. The lowest BCUT2D eigenvalue weighted by molar-refractivity contribution is 0.0698. The SMILES string of the molecule is O=C(c1ccc2ncsc2c1)N1CCCC(c2nnc(-c3cccs3)o2)C1. The molecule has 1 atom stereocenters. The van der Waals surface area contributed by atoms with Crippen molar-refractivity contribution >= 4 is 38.8 Å². The molecule has 1 aliphatic heterocycles. The second kappa shape index (κ2) is 6.86. The van der Waals surface area contributed by atoms with Crippen LogP contribution in [0.2, 0.25) is 0 Å². The van der Waals surface area contributed by atoms with Gasteiger partial charge in [-0.25, -0.2) is 4.98 Å². The summed E-state index contributed by atoms with van der Waals surface area (Å²) < 4.78 is 6.93. The fraction of sp³-hybridized carbons (Fsp3) is 0.263. The van der Waals surface area contributed by atoms with E-state index in [0.717, 1.165) is 34.5 Å². The van der Waals surface area contributed by atoms with Crippen LogP contribution in [-0.2, 0) is 0 Å². The third-order valence-electron chi connectivity index (χ3n) is 4.81. The summed E-state index contributed by atoms with van der Waals surface area (Å²) in [5, 5.41) is 10.4. The van der Waals surface area contributed by atoms with E-state index in [4.69, 9.17) is 4.42 Å². The first kappa shape index (κ1) is 16.6. The number of benzene rings is 1. The van der Waals surface area contributed by atoms with Crippen molar-refractivity contribution in [3.8, 4) is 10.8 Å². The van der Waals surface area contributed by atoms with Gasteiger partial charge in [-0.15, -0.1) is 32.9 Å². The molecule has 0 N–H and O–H groups in total. The van der Waals surface area contributed by atoms with Gasteiger partial charge in [-0.1, -0.05) is 6.07 Å². The lowest BCUT2D eigenvalue weighted by Gasteiger charge is -2.31. The number of thiazole rings is 1. The number of carbonyl (C=O) groups excluding carboxylic acids is 1. The van der Waals surface area contributed by atoms with Crippen LogP contribution in [0.25, 0.3) is 21.0 Å². The molecule has 136 valence electrons. The summed E-state index contributed by atoms with van der Waals surface area (Å²) in [6.07, 6.45) is 1.87. The molecule has 4 heterocycles. The Balaban J connectivity index is 1.35. The molecule has 1 amide bonds. The third-order valence-corrected chi connectivity index (χ3v) is 6.46. The van der Waals surface area contributed by atoms with Gasteiger partial charge >= 0.3 is 0 Å². The molecule has 0 saturated carbocycles. The zero-order chi connectivity index (χ0) is 18.2. The lowest BCUT2D eigenvalue weighted by Crippen LogP contribution is -2.39. The first-order valence-corrected chi connectivity index (χ1v) is 10.5. The van der Waals surface area contributed by atoms with Gasteiger partial charge in [-0.2, -0.15) is 0 Å². The van der Waals surface area contributed by atoms with Crippen molar-refractivity contribution in [1.82, 2.24) is 20.1 Å². The Morgan fingerprint density at radius 2 is 2.19 bits per heavy atom. The number of fused-ring (bicyclic) bond motifs is 1. The quantitative estimate of drug-likeness (QED) is 0.512. The Labute approximate surface area is 163 Å². The number of likely N-dealkylation sites (tertiary alicyclic amines) is 1. The Morgan fingerprint density at radius 3 is 3.07 bits per heavy atom. The van der Waals surface area contributed by atoms with Gasteiger partial charge in [-0.05, 0) is 42.5 Å². The molecule has 4 aromatic rings. The van der Waals surface area contributed by atoms with Gasteiger partial charge in [0.15, 0.2) is 0 Å². The number of thiophene rings is 1. The van der Waals surface area contributed by atoms with Crippen molar-refractivity contribution in [3.05, 3.63) is 52.7 Å². The van der Waals surface area contributed by atoms with Crippen LogP contribution >= 0.6 is 22.7 Å². The highest BCUT2D eigenvalue weighted by Crippen LogP contribution is 2.31. The Hall–Kier alpha value is -2.58. The van der Waals surface area contributed by atoms with Gasteiger partial charge in [0, 0.05) is 18.7 Å². The Kier molecular flexibility index (Phi) is 4.21. The van der Waals surface area contributed by atoms with E-state index >= 15 is 0 Å². The van der Waals surface area contributed by atoms with Crippen LogP contribution in [0.5, 0.6) is 0 Å². The van der Waals surface area contributed by atoms with Crippen LogP contribution < -0.4 is 0 Å². The first-order chi connectivity index (χ1) is 13.3. The summed E-state index contributed by atoms with van der Waals surface area (Å²) in [5.41, 5.74) is 3.44. The maximum Gasteiger partial charge on any atom is 0.257 e. The van der Waals surface area contributed by atoms with Crippen molar-refractivity contribution < 1.29 is 9.21 Å². The molecule has 0 radical (unpaired) electrons. The molecule has 0 aliphatic carbocycles. The zero-order valence-electron chi connectivity index (χ0n) is 14.4. The summed E-state index contributed by atoms with van der Waals surface area (Å²) in [6.45, 7) is 1.35. The summed E-state index contributed by atoms with van der Waals surface area (Å²) in [5.74, 6) is 1.30. The number of piperidine rings is 1. The maximum atomic E-state index is 13.0. The summed E-state index contributed by atoms with van der Waals surface area (Å²) in [7, 11) is 0. The van der Waals surface area contributed by atoms with E-state index in [1.165, 1.54) is 0 Å². The highest BCUT2D eigenvalue weighted by atomic mass is 32.1. The number of hydrogen-bond acceptors (Lipinski definition) is 7. The summed E-state index contributed by atoms with van der Waals surface area (Å²) in [4.78, 5) is 20.1. The monoisotopic (exact) mass is 396 g/mol. The minimum atomic E-state index is 0.0491. The molecule has 1 aromatic carbocycles. The van der Waals surface area contributed by atoms with Gasteiger partial charge in [0.2, 0.25) is 5.89 Å². The number of rotatable bonds is 3. The smallest absolute Gasteiger partial charge is 0.257 e. The van der Waals surface area contributed by atoms with E-state index in [1.54, 1.807) is 28.2 Å². The van der Waals surface area contributed by atoms with Gasteiger partial charge in [0.1, 0.15) is 0 Å². The van der Waals surface area contributed by atoms with E-state index < -0.39 is 0 Å². The average Bonchev–Trinajstić information content (AvgIpc) is 3.47. The second-order valence-corrected chi connectivity index (χ2v) is 8.38. The van der Waals surface area contributed by atoms with E-state index in [0.29, 0.717) is 23.9 Å².